The Hall–Kier alpha value is 0.496. The van der Waals surface area contributed by atoms with Crippen molar-refractivity contribution in [1.29, 1.82) is 0 Å². The molecule has 88 valence electrons. The Bertz CT molecular complexity index is 402. The zero-order valence-corrected chi connectivity index (χ0v) is 14.3. The van der Waals surface area contributed by atoms with Crippen LogP contribution in [0.25, 0.3) is 0 Å². The van der Waals surface area contributed by atoms with Crippen molar-refractivity contribution in [3.05, 3.63) is 10.6 Å². The quantitative estimate of drug-likeness (QED) is 0.528. The van der Waals surface area contributed by atoms with Crippen molar-refractivity contribution in [2.24, 2.45) is 0 Å². The summed E-state index contributed by atoms with van der Waals surface area (Å²) in [6, 6.07) is 0. The number of aryl methyl sites for hydroxylation is 1. The second-order valence-corrected chi connectivity index (χ2v) is 4.97. The molecule has 5 nitrogen and oxygen atoms in total. The fraction of sp³-hybridized carbons (Fsp3) is 0.600. The molecule has 1 aromatic rings. The number of carbonyl (C=O) groups excluding carboxylic acids is 1. The van der Waals surface area contributed by atoms with Gasteiger partial charge in [-0.3, -0.25) is 0 Å². The van der Waals surface area contributed by atoms with Gasteiger partial charge in [0.2, 0.25) is 0 Å². The van der Waals surface area contributed by atoms with Crippen LogP contribution in [0.5, 0.6) is 0 Å². The van der Waals surface area contributed by atoms with Gasteiger partial charge in [0.05, 0.1) is 16.5 Å². The Balaban J connectivity index is 0.00000144. The molecule has 0 aromatic carbocycles. The average Bonchev–Trinajstić information content (AvgIpc) is 2.61. The number of aromatic nitrogens is 1. The van der Waals surface area contributed by atoms with E-state index in [0.29, 0.717) is 5.69 Å². The van der Waals surface area contributed by atoms with Crippen LogP contribution in [-0.2, 0) is 0 Å². The molecule has 0 aliphatic carbocycles. The Kier molecular flexibility index (Phi) is 6.04. The standard InChI is InChI=1S/C10H15N3O2S.K/c1-7-8(9(14)15)16-10(11-7)13-5-3-12(2)4-6-13;/h3-6H2,1-2H3,(H,14,15);/q;+1/p-1. The predicted octanol–water partition coefficient (Wildman–Crippen LogP) is -3.43. The second kappa shape index (κ2) is 6.60. The monoisotopic (exact) mass is 279 g/mol. The van der Waals surface area contributed by atoms with Crippen LogP contribution in [0.15, 0.2) is 0 Å². The zero-order valence-electron chi connectivity index (χ0n) is 10.4. The van der Waals surface area contributed by atoms with Crippen LogP contribution < -0.4 is 61.4 Å². The summed E-state index contributed by atoms with van der Waals surface area (Å²) < 4.78 is 0. The third-order valence-electron chi connectivity index (χ3n) is 2.74. The van der Waals surface area contributed by atoms with Gasteiger partial charge in [-0.25, -0.2) is 4.98 Å². The summed E-state index contributed by atoms with van der Waals surface area (Å²) in [6.45, 7) is 5.48. The molecule has 17 heavy (non-hydrogen) atoms. The molecule has 0 amide bonds. The van der Waals surface area contributed by atoms with E-state index in [-0.39, 0.29) is 56.3 Å². The van der Waals surface area contributed by atoms with E-state index in [2.05, 4.69) is 21.8 Å². The van der Waals surface area contributed by atoms with Gasteiger partial charge in [0, 0.05) is 26.2 Å². The van der Waals surface area contributed by atoms with E-state index >= 15 is 0 Å². The van der Waals surface area contributed by atoms with Gasteiger partial charge >= 0.3 is 51.4 Å². The van der Waals surface area contributed by atoms with Gasteiger partial charge < -0.3 is 19.7 Å². The van der Waals surface area contributed by atoms with Crippen molar-refractivity contribution in [3.8, 4) is 0 Å². The van der Waals surface area contributed by atoms with E-state index in [1.807, 2.05) is 0 Å². The number of aromatic carboxylic acids is 1. The molecular formula is C10H14KN3O2S. The zero-order chi connectivity index (χ0) is 11.7. The molecular weight excluding hydrogens is 265 g/mol. The smallest absolute Gasteiger partial charge is 0.544 e. The van der Waals surface area contributed by atoms with E-state index in [1.165, 1.54) is 11.3 Å². The molecule has 1 aliphatic heterocycles. The van der Waals surface area contributed by atoms with E-state index in [1.54, 1.807) is 6.92 Å². The number of carboxylic acid groups (broad SMARTS) is 1. The molecule has 1 aliphatic rings. The minimum Gasteiger partial charge on any atom is -0.544 e. The van der Waals surface area contributed by atoms with Crippen LogP contribution in [0.3, 0.4) is 0 Å². The fourth-order valence-electron chi connectivity index (χ4n) is 1.70. The molecule has 1 fully saturated rings. The van der Waals surface area contributed by atoms with Crippen LogP contribution >= 0.6 is 11.3 Å². The van der Waals surface area contributed by atoms with Gasteiger partial charge in [-0.15, -0.1) is 0 Å². The Labute approximate surface area is 147 Å². The van der Waals surface area contributed by atoms with Crippen LogP contribution in [0.2, 0.25) is 0 Å². The number of thiazole rings is 1. The fourth-order valence-corrected chi connectivity index (χ4v) is 2.66. The second-order valence-electron chi connectivity index (χ2n) is 3.99. The summed E-state index contributed by atoms with van der Waals surface area (Å²) in [5.41, 5.74) is 0.555. The Morgan fingerprint density at radius 3 is 2.41 bits per heavy atom. The first-order valence-electron chi connectivity index (χ1n) is 5.20. The Morgan fingerprint density at radius 2 is 1.94 bits per heavy atom. The van der Waals surface area contributed by atoms with E-state index < -0.39 is 5.97 Å². The summed E-state index contributed by atoms with van der Waals surface area (Å²) in [7, 11) is 2.08. The maximum Gasteiger partial charge on any atom is 1.00 e. The van der Waals surface area contributed by atoms with Crippen molar-refractivity contribution in [2.45, 2.75) is 6.92 Å². The molecule has 1 saturated heterocycles. The molecule has 0 saturated carbocycles. The topological polar surface area (TPSA) is 59.5 Å². The van der Waals surface area contributed by atoms with Crippen LogP contribution in [-0.4, -0.2) is 49.1 Å². The first-order valence-corrected chi connectivity index (χ1v) is 6.02. The van der Waals surface area contributed by atoms with E-state index in [0.717, 1.165) is 31.3 Å². The van der Waals surface area contributed by atoms with Crippen molar-refractivity contribution in [1.82, 2.24) is 9.88 Å². The summed E-state index contributed by atoms with van der Waals surface area (Å²) in [4.78, 5) is 19.7. The number of anilines is 1. The summed E-state index contributed by atoms with van der Waals surface area (Å²) in [5, 5.41) is 11.6. The van der Waals surface area contributed by atoms with Gasteiger partial charge in [0.15, 0.2) is 5.13 Å². The maximum atomic E-state index is 10.8. The maximum absolute atomic E-state index is 10.8. The van der Waals surface area contributed by atoms with Gasteiger partial charge in [-0.1, -0.05) is 11.3 Å². The van der Waals surface area contributed by atoms with Crippen LogP contribution in [0.1, 0.15) is 15.4 Å². The number of hydrogen-bond donors (Lipinski definition) is 0. The third kappa shape index (κ3) is 3.73. The van der Waals surface area contributed by atoms with Crippen molar-refractivity contribution >= 4 is 22.4 Å². The number of piperazine rings is 1. The Morgan fingerprint density at radius 1 is 1.35 bits per heavy atom. The molecule has 0 unspecified atom stereocenters. The summed E-state index contributed by atoms with van der Waals surface area (Å²) in [6.07, 6.45) is 0. The van der Waals surface area contributed by atoms with E-state index in [9.17, 15) is 9.90 Å². The van der Waals surface area contributed by atoms with Crippen LogP contribution in [0.4, 0.5) is 5.13 Å². The number of rotatable bonds is 2. The number of carboxylic acids is 1. The van der Waals surface area contributed by atoms with Gasteiger partial charge in [-0.05, 0) is 14.0 Å². The first-order chi connectivity index (χ1) is 7.58. The number of carbonyl (C=O) groups is 1. The number of likely N-dealkylation sites (N-methyl/N-ethyl adjacent to an activating group) is 1. The molecule has 0 spiro atoms. The van der Waals surface area contributed by atoms with Gasteiger partial charge in [0.25, 0.3) is 0 Å². The van der Waals surface area contributed by atoms with Crippen molar-refractivity contribution in [3.63, 3.8) is 0 Å². The first kappa shape index (κ1) is 15.6. The minimum atomic E-state index is -1.13. The molecule has 0 bridgehead atoms. The molecule has 1 aromatic heterocycles. The number of hydrogen-bond acceptors (Lipinski definition) is 6. The molecule has 2 heterocycles. The molecule has 2 rings (SSSR count). The molecule has 0 N–H and O–H groups in total. The minimum absolute atomic E-state index is 0. The van der Waals surface area contributed by atoms with Crippen molar-refractivity contribution < 1.29 is 61.3 Å². The van der Waals surface area contributed by atoms with Gasteiger partial charge in [-0.2, -0.15) is 0 Å². The molecule has 7 heteroatoms. The van der Waals surface area contributed by atoms with Crippen molar-refractivity contribution in [2.75, 3.05) is 38.1 Å². The normalized spacial score (nSPS) is 16.7. The number of nitrogens with zero attached hydrogens (tertiary/aromatic N) is 3. The largest absolute Gasteiger partial charge is 1.00 e. The third-order valence-corrected chi connectivity index (χ3v) is 3.94. The molecule has 0 radical (unpaired) electrons. The average molecular weight is 279 g/mol. The summed E-state index contributed by atoms with van der Waals surface area (Å²) in [5.74, 6) is -1.13. The van der Waals surface area contributed by atoms with Gasteiger partial charge in [0.1, 0.15) is 0 Å². The SMILES string of the molecule is Cc1nc(N2CCN(C)CC2)sc1C(=O)[O-].[K+]. The predicted molar refractivity (Wildman–Crippen MR) is 60.9 cm³/mol. The molecule has 0 atom stereocenters. The van der Waals surface area contributed by atoms with E-state index in [4.69, 9.17) is 0 Å². The summed E-state index contributed by atoms with van der Waals surface area (Å²) >= 11 is 1.21. The van der Waals surface area contributed by atoms with Crippen LogP contribution in [0, 0.1) is 6.92 Å².